The Morgan fingerprint density at radius 2 is 2.25 bits per heavy atom. The summed E-state index contributed by atoms with van der Waals surface area (Å²) in [5.41, 5.74) is 0.682. The number of aromatic nitrogens is 1. The standard InChI is InChI=1S/C12H16N2O2/c1-2-11(15)9-5-6-14(7-9)8-12(16)13-10-3-4-10/h5-7,10H,2-4,8H2,1H3,(H,13,16). The third-order valence-corrected chi connectivity index (χ3v) is 2.66. The van der Waals surface area contributed by atoms with Crippen LogP contribution in [0.15, 0.2) is 18.5 Å². The summed E-state index contributed by atoms with van der Waals surface area (Å²) >= 11 is 0. The van der Waals surface area contributed by atoms with Crippen LogP contribution in [0.5, 0.6) is 0 Å². The van der Waals surface area contributed by atoms with Gasteiger partial charge in [-0.2, -0.15) is 0 Å². The molecule has 0 aromatic carbocycles. The van der Waals surface area contributed by atoms with Crippen LogP contribution in [0.4, 0.5) is 0 Å². The van der Waals surface area contributed by atoms with Gasteiger partial charge in [-0.3, -0.25) is 9.59 Å². The molecule has 86 valence electrons. The van der Waals surface area contributed by atoms with Crippen LogP contribution in [0.25, 0.3) is 0 Å². The molecule has 0 atom stereocenters. The molecule has 1 heterocycles. The second-order valence-electron chi connectivity index (χ2n) is 4.19. The van der Waals surface area contributed by atoms with Gasteiger partial charge in [-0.05, 0) is 18.9 Å². The van der Waals surface area contributed by atoms with Crippen molar-refractivity contribution in [3.63, 3.8) is 0 Å². The van der Waals surface area contributed by atoms with Crippen molar-refractivity contribution in [2.75, 3.05) is 0 Å². The zero-order valence-corrected chi connectivity index (χ0v) is 9.40. The lowest BCUT2D eigenvalue weighted by Gasteiger charge is -2.03. The smallest absolute Gasteiger partial charge is 0.240 e. The second kappa shape index (κ2) is 4.51. The van der Waals surface area contributed by atoms with E-state index in [1.807, 2.05) is 6.92 Å². The fourth-order valence-electron chi connectivity index (χ4n) is 1.57. The summed E-state index contributed by atoms with van der Waals surface area (Å²) in [6.07, 6.45) is 6.19. The Kier molecular flexibility index (Phi) is 3.08. The van der Waals surface area contributed by atoms with E-state index in [0.717, 1.165) is 12.8 Å². The minimum atomic E-state index is 0.0218. The molecule has 1 aliphatic rings. The number of carbonyl (C=O) groups excluding carboxylic acids is 2. The molecule has 1 N–H and O–H groups in total. The number of carbonyl (C=O) groups is 2. The highest BCUT2D eigenvalue weighted by atomic mass is 16.2. The molecule has 1 aliphatic carbocycles. The Morgan fingerprint density at radius 1 is 1.50 bits per heavy atom. The van der Waals surface area contributed by atoms with Gasteiger partial charge in [0.1, 0.15) is 6.54 Å². The highest BCUT2D eigenvalue weighted by Gasteiger charge is 2.23. The van der Waals surface area contributed by atoms with E-state index in [1.54, 1.807) is 23.0 Å². The first-order chi connectivity index (χ1) is 7.69. The lowest BCUT2D eigenvalue weighted by molar-refractivity contribution is -0.121. The largest absolute Gasteiger partial charge is 0.352 e. The van der Waals surface area contributed by atoms with Crippen molar-refractivity contribution in [2.45, 2.75) is 38.8 Å². The van der Waals surface area contributed by atoms with Gasteiger partial charge in [-0.15, -0.1) is 0 Å². The van der Waals surface area contributed by atoms with Gasteiger partial charge in [-0.25, -0.2) is 0 Å². The monoisotopic (exact) mass is 220 g/mol. The average molecular weight is 220 g/mol. The third kappa shape index (κ3) is 2.72. The van der Waals surface area contributed by atoms with E-state index in [9.17, 15) is 9.59 Å². The van der Waals surface area contributed by atoms with Crippen LogP contribution in [0.3, 0.4) is 0 Å². The molecule has 4 heteroatoms. The van der Waals surface area contributed by atoms with Gasteiger partial charge in [0.15, 0.2) is 5.78 Å². The van der Waals surface area contributed by atoms with E-state index in [2.05, 4.69) is 5.32 Å². The fourth-order valence-corrected chi connectivity index (χ4v) is 1.57. The van der Waals surface area contributed by atoms with Gasteiger partial charge in [0.2, 0.25) is 5.91 Å². The normalized spacial score (nSPS) is 14.8. The Balaban J connectivity index is 1.91. The summed E-state index contributed by atoms with van der Waals surface area (Å²) in [7, 11) is 0. The number of nitrogens with zero attached hydrogens (tertiary/aromatic N) is 1. The van der Waals surface area contributed by atoms with E-state index in [4.69, 9.17) is 0 Å². The number of rotatable bonds is 5. The lowest BCUT2D eigenvalue weighted by Crippen LogP contribution is -2.28. The summed E-state index contributed by atoms with van der Waals surface area (Å²) in [6.45, 7) is 2.13. The topological polar surface area (TPSA) is 51.1 Å². The van der Waals surface area contributed by atoms with Crippen LogP contribution in [-0.4, -0.2) is 22.3 Å². The van der Waals surface area contributed by atoms with Crippen LogP contribution in [0.2, 0.25) is 0 Å². The molecular weight excluding hydrogens is 204 g/mol. The van der Waals surface area contributed by atoms with Crippen molar-refractivity contribution in [3.05, 3.63) is 24.0 Å². The zero-order valence-electron chi connectivity index (χ0n) is 9.40. The molecule has 1 aromatic rings. The van der Waals surface area contributed by atoms with E-state index >= 15 is 0 Å². The zero-order chi connectivity index (χ0) is 11.5. The van der Waals surface area contributed by atoms with Crippen molar-refractivity contribution >= 4 is 11.7 Å². The van der Waals surface area contributed by atoms with Gasteiger partial charge in [-0.1, -0.05) is 6.92 Å². The SMILES string of the molecule is CCC(=O)c1ccn(CC(=O)NC2CC2)c1. The van der Waals surface area contributed by atoms with E-state index < -0.39 is 0 Å². The summed E-state index contributed by atoms with van der Waals surface area (Å²) in [6, 6.07) is 2.15. The van der Waals surface area contributed by atoms with Gasteiger partial charge in [0, 0.05) is 30.4 Å². The second-order valence-corrected chi connectivity index (χ2v) is 4.19. The molecule has 0 aliphatic heterocycles. The van der Waals surface area contributed by atoms with Crippen molar-refractivity contribution in [2.24, 2.45) is 0 Å². The Bertz CT molecular complexity index is 405. The minimum absolute atomic E-state index is 0.0218. The molecule has 0 radical (unpaired) electrons. The van der Waals surface area contributed by atoms with Gasteiger partial charge in [0.05, 0.1) is 0 Å². The summed E-state index contributed by atoms with van der Waals surface area (Å²) in [5, 5.41) is 2.91. The van der Waals surface area contributed by atoms with Gasteiger partial charge >= 0.3 is 0 Å². The Labute approximate surface area is 94.6 Å². The van der Waals surface area contributed by atoms with Crippen molar-refractivity contribution in [1.29, 1.82) is 0 Å². The van der Waals surface area contributed by atoms with Crippen LogP contribution < -0.4 is 5.32 Å². The maximum absolute atomic E-state index is 11.5. The van der Waals surface area contributed by atoms with Crippen molar-refractivity contribution in [1.82, 2.24) is 9.88 Å². The highest BCUT2D eigenvalue weighted by Crippen LogP contribution is 2.18. The van der Waals surface area contributed by atoms with E-state index in [0.29, 0.717) is 24.6 Å². The molecular formula is C12H16N2O2. The molecule has 1 amide bonds. The maximum Gasteiger partial charge on any atom is 0.240 e. The number of amides is 1. The van der Waals surface area contributed by atoms with Crippen molar-refractivity contribution in [3.8, 4) is 0 Å². The number of hydrogen-bond acceptors (Lipinski definition) is 2. The third-order valence-electron chi connectivity index (χ3n) is 2.66. The molecule has 0 unspecified atom stereocenters. The molecule has 0 spiro atoms. The van der Waals surface area contributed by atoms with E-state index in [1.165, 1.54) is 0 Å². The molecule has 0 bridgehead atoms. The fraction of sp³-hybridized carbons (Fsp3) is 0.500. The maximum atomic E-state index is 11.5. The molecule has 1 saturated carbocycles. The quantitative estimate of drug-likeness (QED) is 0.762. The summed E-state index contributed by atoms with van der Waals surface area (Å²) < 4.78 is 1.75. The first kappa shape index (κ1) is 10.9. The average Bonchev–Trinajstić information content (AvgIpc) is 2.94. The number of hydrogen-bond donors (Lipinski definition) is 1. The van der Waals surface area contributed by atoms with Crippen LogP contribution in [0.1, 0.15) is 36.5 Å². The Morgan fingerprint density at radius 3 is 2.88 bits per heavy atom. The Hall–Kier alpha value is -1.58. The predicted octanol–water partition coefficient (Wildman–Crippen LogP) is 1.36. The molecule has 1 fully saturated rings. The van der Waals surface area contributed by atoms with E-state index in [-0.39, 0.29) is 11.7 Å². The van der Waals surface area contributed by atoms with Crippen LogP contribution in [-0.2, 0) is 11.3 Å². The predicted molar refractivity (Wildman–Crippen MR) is 60.2 cm³/mol. The minimum Gasteiger partial charge on any atom is -0.352 e. The highest BCUT2D eigenvalue weighted by molar-refractivity contribution is 5.95. The molecule has 1 aromatic heterocycles. The molecule has 0 saturated heterocycles. The lowest BCUT2D eigenvalue weighted by atomic mass is 10.2. The van der Waals surface area contributed by atoms with Crippen LogP contribution in [0, 0.1) is 0 Å². The first-order valence-corrected chi connectivity index (χ1v) is 5.67. The van der Waals surface area contributed by atoms with Gasteiger partial charge < -0.3 is 9.88 Å². The number of nitrogens with one attached hydrogen (secondary N) is 1. The van der Waals surface area contributed by atoms with Crippen LogP contribution >= 0.6 is 0 Å². The molecule has 16 heavy (non-hydrogen) atoms. The molecule has 2 rings (SSSR count). The summed E-state index contributed by atoms with van der Waals surface area (Å²) in [5.74, 6) is 0.134. The molecule has 4 nitrogen and oxygen atoms in total. The van der Waals surface area contributed by atoms with Crippen molar-refractivity contribution < 1.29 is 9.59 Å². The first-order valence-electron chi connectivity index (χ1n) is 5.67. The summed E-state index contributed by atoms with van der Waals surface area (Å²) in [4.78, 5) is 22.9. The number of Topliss-reactive ketones (excluding diaryl/α,β-unsaturated/α-hetero) is 1. The van der Waals surface area contributed by atoms with Gasteiger partial charge in [0.25, 0.3) is 0 Å². The number of ketones is 1.